The molecule has 6 nitrogen and oxygen atoms in total. The summed E-state index contributed by atoms with van der Waals surface area (Å²) in [5.41, 5.74) is 2.39. The average molecular weight is 268 g/mol. The summed E-state index contributed by atoms with van der Waals surface area (Å²) in [5.74, 6) is 0.486. The maximum Gasteiger partial charge on any atom is 0.274 e. The first-order valence-corrected chi connectivity index (χ1v) is 5.90. The lowest BCUT2D eigenvalue weighted by Gasteiger charge is -2.07. The predicted octanol–water partition coefficient (Wildman–Crippen LogP) is 3.22. The van der Waals surface area contributed by atoms with Crippen molar-refractivity contribution in [1.82, 2.24) is 4.98 Å². The van der Waals surface area contributed by atoms with Crippen molar-refractivity contribution in [1.29, 1.82) is 5.26 Å². The second kappa shape index (κ2) is 5.36. The number of hydrogen-bond acceptors (Lipinski definition) is 5. The standard InChI is InChI=1S/C14H12N4O2/c1-9-3-4-12(7-13(9)18(19)20)17-14-6-11(8-15)5-10(2)16-14/h3-7H,1-2H3,(H,16,17). The summed E-state index contributed by atoms with van der Waals surface area (Å²) >= 11 is 0. The van der Waals surface area contributed by atoms with Gasteiger partial charge in [-0.1, -0.05) is 6.07 Å². The van der Waals surface area contributed by atoms with E-state index in [1.54, 1.807) is 38.1 Å². The normalized spacial score (nSPS) is 9.85. The third-order valence-electron chi connectivity index (χ3n) is 2.76. The zero-order chi connectivity index (χ0) is 14.7. The van der Waals surface area contributed by atoms with Crippen LogP contribution in [-0.4, -0.2) is 9.91 Å². The molecule has 0 saturated carbocycles. The summed E-state index contributed by atoms with van der Waals surface area (Å²) in [7, 11) is 0. The summed E-state index contributed by atoms with van der Waals surface area (Å²) in [6, 6.07) is 10.2. The number of hydrogen-bond donors (Lipinski definition) is 1. The Balaban J connectivity index is 2.35. The smallest absolute Gasteiger partial charge is 0.274 e. The van der Waals surface area contributed by atoms with Gasteiger partial charge in [0.2, 0.25) is 0 Å². The molecule has 0 aliphatic rings. The Morgan fingerprint density at radius 2 is 2.05 bits per heavy atom. The molecule has 0 aliphatic carbocycles. The summed E-state index contributed by atoms with van der Waals surface area (Å²) in [5, 5.41) is 22.8. The number of nitrogens with one attached hydrogen (secondary N) is 1. The highest BCUT2D eigenvalue weighted by Crippen LogP contribution is 2.24. The molecule has 0 fully saturated rings. The van der Waals surface area contributed by atoms with Crippen LogP contribution < -0.4 is 5.32 Å². The van der Waals surface area contributed by atoms with E-state index < -0.39 is 4.92 Å². The van der Waals surface area contributed by atoms with Gasteiger partial charge in [0.25, 0.3) is 5.69 Å². The van der Waals surface area contributed by atoms with Crippen molar-refractivity contribution in [2.75, 3.05) is 5.32 Å². The van der Waals surface area contributed by atoms with Gasteiger partial charge in [0.15, 0.2) is 0 Å². The number of aryl methyl sites for hydroxylation is 2. The largest absolute Gasteiger partial charge is 0.340 e. The summed E-state index contributed by atoms with van der Waals surface area (Å²) in [4.78, 5) is 14.7. The molecule has 1 N–H and O–H groups in total. The number of aromatic nitrogens is 1. The Morgan fingerprint density at radius 3 is 2.70 bits per heavy atom. The predicted molar refractivity (Wildman–Crippen MR) is 74.8 cm³/mol. The number of pyridine rings is 1. The number of benzene rings is 1. The number of nitro groups is 1. The van der Waals surface area contributed by atoms with E-state index in [2.05, 4.69) is 10.3 Å². The topological polar surface area (TPSA) is 91.8 Å². The second-order valence-corrected chi connectivity index (χ2v) is 4.38. The summed E-state index contributed by atoms with van der Waals surface area (Å²) < 4.78 is 0. The molecule has 2 rings (SSSR count). The molecule has 20 heavy (non-hydrogen) atoms. The maximum absolute atomic E-state index is 10.9. The number of nitro benzene ring substituents is 1. The van der Waals surface area contributed by atoms with Crippen LogP contribution in [-0.2, 0) is 0 Å². The number of nitriles is 1. The van der Waals surface area contributed by atoms with E-state index in [9.17, 15) is 10.1 Å². The van der Waals surface area contributed by atoms with E-state index >= 15 is 0 Å². The molecule has 2 aromatic rings. The van der Waals surface area contributed by atoms with Crippen molar-refractivity contribution in [3.8, 4) is 6.07 Å². The van der Waals surface area contributed by atoms with Gasteiger partial charge >= 0.3 is 0 Å². The highest BCUT2D eigenvalue weighted by Gasteiger charge is 2.11. The first-order valence-electron chi connectivity index (χ1n) is 5.90. The van der Waals surface area contributed by atoms with Gasteiger partial charge in [0, 0.05) is 23.0 Å². The molecule has 0 atom stereocenters. The fraction of sp³-hybridized carbons (Fsp3) is 0.143. The van der Waals surface area contributed by atoms with Crippen molar-refractivity contribution < 1.29 is 4.92 Å². The Morgan fingerprint density at radius 1 is 1.30 bits per heavy atom. The minimum Gasteiger partial charge on any atom is -0.340 e. The Bertz CT molecular complexity index is 720. The molecule has 0 saturated heterocycles. The average Bonchev–Trinajstić information content (AvgIpc) is 2.40. The van der Waals surface area contributed by atoms with Crippen LogP contribution >= 0.6 is 0 Å². The van der Waals surface area contributed by atoms with Crippen LogP contribution in [0.5, 0.6) is 0 Å². The minimum atomic E-state index is -0.426. The summed E-state index contributed by atoms with van der Waals surface area (Å²) in [6.07, 6.45) is 0. The van der Waals surface area contributed by atoms with E-state index in [0.717, 1.165) is 0 Å². The molecule has 0 spiro atoms. The lowest BCUT2D eigenvalue weighted by molar-refractivity contribution is -0.385. The Labute approximate surface area is 115 Å². The molecule has 100 valence electrons. The highest BCUT2D eigenvalue weighted by atomic mass is 16.6. The van der Waals surface area contributed by atoms with Crippen LogP contribution in [0.3, 0.4) is 0 Å². The van der Waals surface area contributed by atoms with Crippen molar-refractivity contribution in [2.24, 2.45) is 0 Å². The molecular formula is C14H12N4O2. The quantitative estimate of drug-likeness (QED) is 0.681. The van der Waals surface area contributed by atoms with Crippen molar-refractivity contribution in [3.05, 3.63) is 57.3 Å². The van der Waals surface area contributed by atoms with Gasteiger partial charge in [-0.15, -0.1) is 0 Å². The molecule has 0 unspecified atom stereocenters. The van der Waals surface area contributed by atoms with Gasteiger partial charge in [-0.25, -0.2) is 4.98 Å². The zero-order valence-electron chi connectivity index (χ0n) is 11.0. The Hall–Kier alpha value is -2.94. The Kier molecular flexibility index (Phi) is 3.62. The lowest BCUT2D eigenvalue weighted by atomic mass is 10.2. The third-order valence-corrected chi connectivity index (χ3v) is 2.76. The van der Waals surface area contributed by atoms with Crippen LogP contribution in [0.1, 0.15) is 16.8 Å². The van der Waals surface area contributed by atoms with Gasteiger partial charge in [0.05, 0.1) is 16.6 Å². The molecule has 1 aromatic carbocycles. The first-order chi connectivity index (χ1) is 9.49. The molecule has 0 radical (unpaired) electrons. The van der Waals surface area contributed by atoms with E-state index in [0.29, 0.717) is 28.3 Å². The van der Waals surface area contributed by atoms with Gasteiger partial charge in [0.1, 0.15) is 5.82 Å². The van der Waals surface area contributed by atoms with Crippen LogP contribution in [0.15, 0.2) is 30.3 Å². The highest BCUT2D eigenvalue weighted by molar-refractivity contribution is 5.62. The van der Waals surface area contributed by atoms with Crippen molar-refractivity contribution in [3.63, 3.8) is 0 Å². The number of nitrogens with zero attached hydrogens (tertiary/aromatic N) is 3. The van der Waals surface area contributed by atoms with Crippen LogP contribution in [0.2, 0.25) is 0 Å². The summed E-state index contributed by atoms with van der Waals surface area (Å²) in [6.45, 7) is 3.46. The molecule has 0 bridgehead atoms. The van der Waals surface area contributed by atoms with Gasteiger partial charge in [-0.2, -0.15) is 5.26 Å². The monoisotopic (exact) mass is 268 g/mol. The zero-order valence-corrected chi connectivity index (χ0v) is 11.0. The third kappa shape index (κ3) is 2.90. The van der Waals surface area contributed by atoms with Crippen LogP contribution in [0.4, 0.5) is 17.2 Å². The maximum atomic E-state index is 10.9. The van der Waals surface area contributed by atoms with E-state index in [1.165, 1.54) is 6.07 Å². The van der Waals surface area contributed by atoms with Crippen LogP contribution in [0, 0.1) is 35.3 Å². The molecular weight excluding hydrogens is 256 g/mol. The van der Waals surface area contributed by atoms with E-state index in [1.807, 2.05) is 6.07 Å². The molecule has 0 aliphatic heterocycles. The molecule has 0 amide bonds. The fourth-order valence-electron chi connectivity index (χ4n) is 1.83. The molecule has 6 heteroatoms. The van der Waals surface area contributed by atoms with Crippen molar-refractivity contribution in [2.45, 2.75) is 13.8 Å². The first kappa shape index (κ1) is 13.5. The minimum absolute atomic E-state index is 0.0446. The molecule has 1 heterocycles. The van der Waals surface area contributed by atoms with E-state index in [-0.39, 0.29) is 5.69 Å². The van der Waals surface area contributed by atoms with Crippen molar-refractivity contribution >= 4 is 17.2 Å². The SMILES string of the molecule is Cc1cc(C#N)cc(Nc2ccc(C)c([N+](=O)[O-])c2)n1. The van der Waals surface area contributed by atoms with Gasteiger partial charge < -0.3 is 5.32 Å². The number of anilines is 2. The van der Waals surface area contributed by atoms with Gasteiger partial charge in [-0.3, -0.25) is 10.1 Å². The van der Waals surface area contributed by atoms with Gasteiger partial charge in [-0.05, 0) is 32.0 Å². The molecule has 1 aromatic heterocycles. The second-order valence-electron chi connectivity index (χ2n) is 4.38. The number of rotatable bonds is 3. The van der Waals surface area contributed by atoms with E-state index in [4.69, 9.17) is 5.26 Å². The fourth-order valence-corrected chi connectivity index (χ4v) is 1.83. The van der Waals surface area contributed by atoms with Crippen LogP contribution in [0.25, 0.3) is 0 Å². The lowest BCUT2D eigenvalue weighted by Crippen LogP contribution is -1.98.